The van der Waals surface area contributed by atoms with Gasteiger partial charge in [0.2, 0.25) is 5.91 Å². The summed E-state index contributed by atoms with van der Waals surface area (Å²) in [4.78, 5) is 15.2. The minimum Gasteiger partial charge on any atom is -0.490 e. The van der Waals surface area contributed by atoms with E-state index >= 15 is 0 Å². The first-order valence-electron chi connectivity index (χ1n) is 6.48. The van der Waals surface area contributed by atoms with E-state index in [1.54, 1.807) is 41.5 Å². The van der Waals surface area contributed by atoms with Gasteiger partial charge in [0, 0.05) is 12.4 Å². The summed E-state index contributed by atoms with van der Waals surface area (Å²) in [5.74, 6) is -0.809. The number of halogens is 3. The number of imidazole rings is 1. The van der Waals surface area contributed by atoms with Crippen LogP contribution in [0.4, 0.5) is 18.9 Å². The van der Waals surface area contributed by atoms with Gasteiger partial charge in [0.15, 0.2) is 0 Å². The molecule has 2 aromatic rings. The molecule has 0 spiro atoms. The van der Waals surface area contributed by atoms with Crippen LogP contribution in [-0.4, -0.2) is 28.2 Å². The van der Waals surface area contributed by atoms with Gasteiger partial charge in [-0.3, -0.25) is 4.79 Å². The number of hydrogen-bond donors (Lipinski definition) is 1. The minimum absolute atomic E-state index is 0.211. The monoisotopic (exact) mass is 313 g/mol. The number of anilines is 1. The molecule has 8 heteroatoms. The Kier molecular flexibility index (Phi) is 5.03. The SMILES string of the molecule is O=C(CC(F)(F)F)Nc1ccccc1OCCn1ccnc1. The number of alkyl halides is 3. The standard InChI is InChI=1S/C14H14F3N3O2/c15-14(16,17)9-13(21)19-11-3-1-2-4-12(11)22-8-7-20-6-5-18-10-20/h1-6,10H,7-9H2,(H,19,21). The molecule has 1 N–H and O–H groups in total. The number of rotatable bonds is 6. The third kappa shape index (κ3) is 5.12. The summed E-state index contributed by atoms with van der Waals surface area (Å²) in [5.41, 5.74) is 0.211. The van der Waals surface area contributed by atoms with Crippen LogP contribution in [0.3, 0.4) is 0 Å². The largest absolute Gasteiger partial charge is 0.490 e. The van der Waals surface area contributed by atoms with E-state index in [2.05, 4.69) is 10.3 Å². The van der Waals surface area contributed by atoms with Crippen molar-refractivity contribution in [2.75, 3.05) is 11.9 Å². The summed E-state index contributed by atoms with van der Waals surface area (Å²) < 4.78 is 43.8. The zero-order chi connectivity index (χ0) is 16.0. The Bertz CT molecular complexity index is 612. The Hall–Kier alpha value is -2.51. The van der Waals surface area contributed by atoms with Crippen LogP contribution < -0.4 is 10.1 Å². The number of para-hydroxylation sites is 2. The van der Waals surface area contributed by atoms with E-state index in [-0.39, 0.29) is 5.69 Å². The summed E-state index contributed by atoms with van der Waals surface area (Å²) >= 11 is 0. The first-order chi connectivity index (χ1) is 10.4. The summed E-state index contributed by atoms with van der Waals surface area (Å²) in [6, 6.07) is 6.34. The maximum Gasteiger partial charge on any atom is 0.397 e. The average molecular weight is 313 g/mol. The first kappa shape index (κ1) is 15.9. The molecular formula is C14H14F3N3O2. The van der Waals surface area contributed by atoms with E-state index in [9.17, 15) is 18.0 Å². The van der Waals surface area contributed by atoms with Crippen molar-refractivity contribution in [3.05, 3.63) is 43.0 Å². The Balaban J connectivity index is 1.93. The molecule has 22 heavy (non-hydrogen) atoms. The normalized spacial score (nSPS) is 11.2. The molecule has 0 fully saturated rings. The number of aromatic nitrogens is 2. The minimum atomic E-state index is -4.54. The highest BCUT2D eigenvalue weighted by atomic mass is 19.4. The van der Waals surface area contributed by atoms with E-state index in [1.807, 2.05) is 0 Å². The number of nitrogens with zero attached hydrogens (tertiary/aromatic N) is 2. The Morgan fingerprint density at radius 3 is 2.77 bits per heavy atom. The fourth-order valence-corrected chi connectivity index (χ4v) is 1.75. The van der Waals surface area contributed by atoms with Crippen molar-refractivity contribution in [3.63, 3.8) is 0 Å². The fraction of sp³-hybridized carbons (Fsp3) is 0.286. The summed E-state index contributed by atoms with van der Waals surface area (Å²) in [7, 11) is 0. The summed E-state index contributed by atoms with van der Waals surface area (Å²) in [6.07, 6.45) is -1.05. The zero-order valence-corrected chi connectivity index (χ0v) is 11.5. The number of carbonyl (C=O) groups is 1. The van der Waals surface area contributed by atoms with Crippen molar-refractivity contribution < 1.29 is 22.7 Å². The van der Waals surface area contributed by atoms with Gasteiger partial charge in [-0.05, 0) is 12.1 Å². The third-order valence-corrected chi connectivity index (χ3v) is 2.69. The maximum absolute atomic E-state index is 12.2. The summed E-state index contributed by atoms with van der Waals surface area (Å²) in [5, 5.41) is 2.21. The van der Waals surface area contributed by atoms with Gasteiger partial charge in [-0.1, -0.05) is 12.1 Å². The molecule has 0 bridgehead atoms. The molecule has 118 valence electrons. The third-order valence-electron chi connectivity index (χ3n) is 2.69. The second-order valence-corrected chi connectivity index (χ2v) is 4.49. The molecule has 0 radical (unpaired) electrons. The molecule has 0 aliphatic carbocycles. The van der Waals surface area contributed by atoms with E-state index in [0.29, 0.717) is 18.9 Å². The molecule has 1 aromatic carbocycles. The van der Waals surface area contributed by atoms with Crippen molar-refractivity contribution >= 4 is 11.6 Å². The van der Waals surface area contributed by atoms with Gasteiger partial charge in [0.1, 0.15) is 18.8 Å². The topological polar surface area (TPSA) is 56.1 Å². The van der Waals surface area contributed by atoms with Crippen LogP contribution in [0, 0.1) is 0 Å². The van der Waals surface area contributed by atoms with E-state index in [0.717, 1.165) is 0 Å². The zero-order valence-electron chi connectivity index (χ0n) is 11.5. The maximum atomic E-state index is 12.2. The molecule has 1 amide bonds. The van der Waals surface area contributed by atoms with Gasteiger partial charge < -0.3 is 14.6 Å². The number of carbonyl (C=O) groups excluding carboxylic acids is 1. The van der Waals surface area contributed by atoms with E-state index < -0.39 is 18.5 Å². The van der Waals surface area contributed by atoms with Crippen molar-refractivity contribution in [1.82, 2.24) is 9.55 Å². The first-order valence-corrected chi connectivity index (χ1v) is 6.48. The van der Waals surface area contributed by atoms with Crippen LogP contribution >= 0.6 is 0 Å². The van der Waals surface area contributed by atoms with Crippen LogP contribution in [0.2, 0.25) is 0 Å². The highest BCUT2D eigenvalue weighted by Gasteiger charge is 2.31. The predicted octanol–water partition coefficient (Wildman–Crippen LogP) is 2.85. The number of nitrogens with one attached hydrogen (secondary N) is 1. The number of amides is 1. The Labute approximate surface area is 124 Å². The van der Waals surface area contributed by atoms with E-state index in [4.69, 9.17) is 4.74 Å². The molecule has 0 aliphatic heterocycles. The van der Waals surface area contributed by atoms with Crippen molar-refractivity contribution in [3.8, 4) is 5.75 Å². The molecule has 5 nitrogen and oxygen atoms in total. The fourth-order valence-electron chi connectivity index (χ4n) is 1.75. The lowest BCUT2D eigenvalue weighted by Gasteiger charge is -2.13. The molecule has 0 saturated heterocycles. The van der Waals surface area contributed by atoms with E-state index in [1.165, 1.54) is 6.07 Å². The lowest BCUT2D eigenvalue weighted by Crippen LogP contribution is -2.21. The van der Waals surface area contributed by atoms with Crippen molar-refractivity contribution in [2.45, 2.75) is 19.1 Å². The average Bonchev–Trinajstić information content (AvgIpc) is 2.91. The number of benzene rings is 1. The lowest BCUT2D eigenvalue weighted by atomic mass is 10.2. The highest BCUT2D eigenvalue weighted by Crippen LogP contribution is 2.26. The number of ether oxygens (including phenoxy) is 1. The second kappa shape index (κ2) is 6.97. The van der Waals surface area contributed by atoms with Gasteiger partial charge in [0.05, 0.1) is 18.6 Å². The molecule has 0 aliphatic rings. The van der Waals surface area contributed by atoms with Crippen LogP contribution in [0.25, 0.3) is 0 Å². The predicted molar refractivity (Wildman–Crippen MR) is 73.5 cm³/mol. The molecular weight excluding hydrogens is 299 g/mol. The van der Waals surface area contributed by atoms with Gasteiger partial charge in [-0.15, -0.1) is 0 Å². The van der Waals surface area contributed by atoms with Gasteiger partial charge in [-0.2, -0.15) is 13.2 Å². The molecule has 1 aromatic heterocycles. The molecule has 0 saturated carbocycles. The molecule has 0 unspecified atom stereocenters. The van der Waals surface area contributed by atoms with Crippen LogP contribution in [-0.2, 0) is 11.3 Å². The smallest absolute Gasteiger partial charge is 0.397 e. The van der Waals surface area contributed by atoms with Gasteiger partial charge in [0.25, 0.3) is 0 Å². The van der Waals surface area contributed by atoms with Crippen molar-refractivity contribution in [1.29, 1.82) is 0 Å². The van der Waals surface area contributed by atoms with Gasteiger partial charge in [-0.25, -0.2) is 4.98 Å². The second-order valence-electron chi connectivity index (χ2n) is 4.49. The highest BCUT2D eigenvalue weighted by molar-refractivity contribution is 5.92. The Morgan fingerprint density at radius 2 is 2.09 bits per heavy atom. The number of hydrogen-bond acceptors (Lipinski definition) is 3. The van der Waals surface area contributed by atoms with Crippen molar-refractivity contribution in [2.24, 2.45) is 0 Å². The molecule has 2 rings (SSSR count). The quantitative estimate of drug-likeness (QED) is 0.892. The van der Waals surface area contributed by atoms with Gasteiger partial charge >= 0.3 is 6.18 Å². The molecule has 0 atom stereocenters. The van der Waals surface area contributed by atoms with Crippen LogP contribution in [0.5, 0.6) is 5.75 Å². The Morgan fingerprint density at radius 1 is 1.32 bits per heavy atom. The summed E-state index contributed by atoms with van der Waals surface area (Å²) in [6.45, 7) is 0.827. The molecule has 1 heterocycles. The lowest BCUT2D eigenvalue weighted by molar-refractivity contribution is -0.150. The van der Waals surface area contributed by atoms with Crippen LogP contribution in [0.15, 0.2) is 43.0 Å². The van der Waals surface area contributed by atoms with Crippen LogP contribution in [0.1, 0.15) is 6.42 Å².